The van der Waals surface area contributed by atoms with Gasteiger partial charge in [0, 0.05) is 21.2 Å². The lowest BCUT2D eigenvalue weighted by Gasteiger charge is -2.04. The van der Waals surface area contributed by atoms with Gasteiger partial charge in [-0.05, 0) is 32.2 Å². The van der Waals surface area contributed by atoms with E-state index < -0.39 is 11.9 Å². The van der Waals surface area contributed by atoms with Crippen LogP contribution >= 0.6 is 30.1 Å². The summed E-state index contributed by atoms with van der Waals surface area (Å²) in [4.78, 5) is 3.37. The van der Waals surface area contributed by atoms with Crippen LogP contribution in [-0.2, 0) is 6.18 Å². The van der Waals surface area contributed by atoms with Crippen LogP contribution in [0.25, 0.3) is 0 Å². The molecule has 0 spiro atoms. The van der Waals surface area contributed by atoms with Crippen molar-refractivity contribution in [2.75, 3.05) is 0 Å². The fraction of sp³-hybridized carbons (Fsp3) is 0.125. The van der Waals surface area contributed by atoms with Gasteiger partial charge in [-0.25, -0.2) is 4.98 Å². The van der Waals surface area contributed by atoms with Gasteiger partial charge in [0.2, 0.25) is 0 Å². The maximum absolute atomic E-state index is 12.2. The quantitative estimate of drug-likeness (QED) is 0.534. The average Bonchev–Trinajstić information content (AvgIpc) is 2.14. The van der Waals surface area contributed by atoms with Crippen LogP contribution in [-0.4, -0.2) is 4.98 Å². The van der Waals surface area contributed by atoms with Gasteiger partial charge < -0.3 is 0 Å². The summed E-state index contributed by atoms with van der Waals surface area (Å²) < 4.78 is 36.5. The smallest absolute Gasteiger partial charge is 0.235 e. The minimum absolute atomic E-state index is 0.129. The van der Waals surface area contributed by atoms with Crippen molar-refractivity contribution in [1.82, 2.24) is 4.98 Å². The molecule has 14 heavy (non-hydrogen) atoms. The van der Waals surface area contributed by atoms with Crippen molar-refractivity contribution in [3.05, 3.63) is 29.6 Å². The van der Waals surface area contributed by atoms with Crippen molar-refractivity contribution >= 4 is 30.1 Å². The molecule has 0 saturated heterocycles. The highest BCUT2D eigenvalue weighted by Gasteiger charge is 2.32. The molecule has 0 fully saturated rings. The fourth-order valence-corrected chi connectivity index (χ4v) is 1.21. The van der Waals surface area contributed by atoms with E-state index in [4.69, 9.17) is 0 Å². The van der Waals surface area contributed by atoms with E-state index in [9.17, 15) is 13.2 Å². The van der Waals surface area contributed by atoms with Crippen LogP contribution in [0.15, 0.2) is 18.2 Å². The predicted molar refractivity (Wildman–Crippen MR) is 57.7 cm³/mol. The van der Waals surface area contributed by atoms with Gasteiger partial charge in [-0.15, -0.1) is 0 Å². The molecule has 0 saturated carbocycles. The van der Waals surface area contributed by atoms with Gasteiger partial charge in [-0.3, -0.25) is 0 Å². The molecule has 0 aliphatic carbocycles. The molecule has 0 aliphatic heterocycles. The molecule has 74 valence electrons. The predicted octanol–water partition coefficient (Wildman–Crippen LogP) is 3.49. The molecule has 6 heteroatoms. The second-order valence-electron chi connectivity index (χ2n) is 2.21. The third kappa shape index (κ3) is 3.38. The summed E-state index contributed by atoms with van der Waals surface area (Å²) in [7, 11) is 1.20. The van der Waals surface area contributed by atoms with Gasteiger partial charge in [-0.1, -0.05) is 6.07 Å². The van der Waals surface area contributed by atoms with Crippen LogP contribution in [0, 0.1) is 11.2 Å². The first-order chi connectivity index (χ1) is 6.54. The Morgan fingerprint density at radius 3 is 2.64 bits per heavy atom. The minimum Gasteiger partial charge on any atom is -0.235 e. The summed E-state index contributed by atoms with van der Waals surface area (Å²) in [6, 6.07) is 3.65. The SMILES string of the molecule is FC(F)(F)c1cccc(C#CSI)n1. The third-order valence-electron chi connectivity index (χ3n) is 1.26. The lowest BCUT2D eigenvalue weighted by Crippen LogP contribution is -2.08. The Balaban J connectivity index is 3.02. The second kappa shape index (κ2) is 4.89. The summed E-state index contributed by atoms with van der Waals surface area (Å²) in [5.41, 5.74) is -0.785. The standard InChI is InChI=1S/C8H3F3INS/c9-8(10,11)7-3-1-2-6(13-7)4-5-14-12/h1-3H. The molecule has 0 N–H and O–H groups in total. The molecule has 1 aromatic heterocycles. The molecule has 1 aromatic rings. The number of aromatic nitrogens is 1. The largest absolute Gasteiger partial charge is 0.433 e. The number of alkyl halides is 3. The molecule has 1 heterocycles. The molecule has 0 aromatic carbocycles. The number of nitrogens with zero attached hydrogens (tertiary/aromatic N) is 1. The van der Waals surface area contributed by atoms with Crippen molar-refractivity contribution in [1.29, 1.82) is 0 Å². The zero-order chi connectivity index (χ0) is 10.6. The van der Waals surface area contributed by atoms with Crippen LogP contribution < -0.4 is 0 Å². The molecule has 0 radical (unpaired) electrons. The molecule has 0 bridgehead atoms. The average molecular weight is 329 g/mol. The van der Waals surface area contributed by atoms with Crippen molar-refractivity contribution in [3.63, 3.8) is 0 Å². The van der Waals surface area contributed by atoms with Crippen LogP contribution in [0.1, 0.15) is 11.4 Å². The monoisotopic (exact) mass is 329 g/mol. The first kappa shape index (κ1) is 11.7. The van der Waals surface area contributed by atoms with Crippen molar-refractivity contribution in [2.45, 2.75) is 6.18 Å². The molecule has 0 unspecified atom stereocenters. The van der Waals surface area contributed by atoms with Crippen LogP contribution in [0.5, 0.6) is 0 Å². The van der Waals surface area contributed by atoms with Gasteiger partial charge in [0.25, 0.3) is 0 Å². The lowest BCUT2D eigenvalue weighted by atomic mass is 10.3. The molecule has 1 rings (SSSR count). The molecule has 0 amide bonds. The first-order valence-electron chi connectivity index (χ1n) is 3.37. The van der Waals surface area contributed by atoms with Crippen molar-refractivity contribution in [2.24, 2.45) is 0 Å². The lowest BCUT2D eigenvalue weighted by molar-refractivity contribution is -0.141. The number of rotatable bonds is 0. The van der Waals surface area contributed by atoms with Crippen LogP contribution in [0.3, 0.4) is 0 Å². The summed E-state index contributed by atoms with van der Waals surface area (Å²) in [6.07, 6.45) is -4.41. The third-order valence-corrected chi connectivity index (χ3v) is 2.10. The van der Waals surface area contributed by atoms with Gasteiger partial charge in [0.05, 0.1) is 0 Å². The van der Waals surface area contributed by atoms with Crippen LogP contribution in [0.2, 0.25) is 0 Å². The zero-order valence-electron chi connectivity index (χ0n) is 6.60. The Bertz CT molecular complexity index is 380. The summed E-state index contributed by atoms with van der Waals surface area (Å²) in [5, 5.41) is 2.57. The second-order valence-corrected chi connectivity index (χ2v) is 3.89. The molecule has 0 atom stereocenters. The number of hydrogen-bond acceptors (Lipinski definition) is 2. The maximum Gasteiger partial charge on any atom is 0.433 e. The van der Waals surface area contributed by atoms with Gasteiger partial charge >= 0.3 is 6.18 Å². The highest BCUT2D eigenvalue weighted by atomic mass is 127. The number of hydrogen-bond donors (Lipinski definition) is 0. The molecule has 0 aliphatic rings. The van der Waals surface area contributed by atoms with Gasteiger partial charge in [-0.2, -0.15) is 13.2 Å². The van der Waals surface area contributed by atoms with E-state index in [1.807, 2.05) is 21.2 Å². The van der Waals surface area contributed by atoms with E-state index in [1.54, 1.807) is 0 Å². The number of halogens is 4. The minimum atomic E-state index is -4.41. The Kier molecular flexibility index (Phi) is 4.07. The molecular formula is C8H3F3INS. The Morgan fingerprint density at radius 1 is 1.36 bits per heavy atom. The van der Waals surface area contributed by atoms with E-state index in [1.165, 1.54) is 21.1 Å². The maximum atomic E-state index is 12.2. The van der Waals surface area contributed by atoms with Crippen molar-refractivity contribution in [3.8, 4) is 11.2 Å². The Morgan fingerprint density at radius 2 is 2.07 bits per heavy atom. The highest BCUT2D eigenvalue weighted by Crippen LogP contribution is 2.27. The van der Waals surface area contributed by atoms with E-state index >= 15 is 0 Å². The van der Waals surface area contributed by atoms with Crippen molar-refractivity contribution < 1.29 is 13.2 Å². The van der Waals surface area contributed by atoms with Crippen LogP contribution in [0.4, 0.5) is 13.2 Å². The number of pyridine rings is 1. The Labute approximate surface area is 95.1 Å². The normalized spacial score (nSPS) is 10.6. The van der Waals surface area contributed by atoms with E-state index in [-0.39, 0.29) is 5.69 Å². The van der Waals surface area contributed by atoms with E-state index in [2.05, 4.69) is 16.2 Å². The van der Waals surface area contributed by atoms with Gasteiger partial charge in [0.1, 0.15) is 11.4 Å². The molecule has 1 nitrogen and oxygen atoms in total. The Hall–Kier alpha value is -0.420. The summed E-state index contributed by atoms with van der Waals surface area (Å²) in [5.74, 6) is 2.50. The zero-order valence-corrected chi connectivity index (χ0v) is 9.57. The van der Waals surface area contributed by atoms with E-state index in [0.29, 0.717) is 0 Å². The van der Waals surface area contributed by atoms with E-state index in [0.717, 1.165) is 6.07 Å². The first-order valence-corrected chi connectivity index (χ1v) is 6.73. The van der Waals surface area contributed by atoms with Gasteiger partial charge in [0.15, 0.2) is 0 Å². The topological polar surface area (TPSA) is 12.9 Å². The highest BCUT2D eigenvalue weighted by molar-refractivity contribution is 14.2. The summed E-state index contributed by atoms with van der Waals surface area (Å²) >= 11 is 1.93. The fourth-order valence-electron chi connectivity index (χ4n) is 0.734. The summed E-state index contributed by atoms with van der Waals surface area (Å²) in [6.45, 7) is 0. The molecular weight excluding hydrogens is 326 g/mol.